The summed E-state index contributed by atoms with van der Waals surface area (Å²) in [5, 5.41) is 0. The summed E-state index contributed by atoms with van der Waals surface area (Å²) in [6, 6.07) is 0. The minimum absolute atomic E-state index is 0.0376. The van der Waals surface area contributed by atoms with E-state index in [2.05, 4.69) is 6.92 Å². The summed E-state index contributed by atoms with van der Waals surface area (Å²) in [6.07, 6.45) is 10.8. The highest BCUT2D eigenvalue weighted by Gasteiger charge is 2.44. The van der Waals surface area contributed by atoms with E-state index in [1.807, 2.05) is 41.5 Å². The molecule has 0 aromatic rings. The molecule has 0 aromatic heterocycles. The van der Waals surface area contributed by atoms with Gasteiger partial charge in [0.1, 0.15) is 0 Å². The highest BCUT2D eigenvalue weighted by molar-refractivity contribution is 6.17. The summed E-state index contributed by atoms with van der Waals surface area (Å²) in [4.78, 5) is 0. The van der Waals surface area contributed by atoms with Gasteiger partial charge in [-0.25, -0.2) is 0 Å². The number of alkyl halides is 1. The molecule has 0 N–H and O–H groups in total. The molecule has 0 spiro atoms. The minimum Gasteiger partial charge on any atom is -0.324 e. The fraction of sp³-hybridized carbons (Fsp3) is 1.00. The van der Waals surface area contributed by atoms with Crippen molar-refractivity contribution in [3.05, 3.63) is 0 Å². The molecule has 0 aliphatic rings. The third-order valence-corrected chi connectivity index (χ3v) is 4.56. The van der Waals surface area contributed by atoms with Crippen molar-refractivity contribution in [1.29, 1.82) is 0 Å². The average Bonchev–Trinajstić information content (AvgIpc) is 2.51. The Hall–Kier alpha value is 0.170. The smallest absolute Gasteiger partial charge is 0.286 e. The molecule has 0 aromatic carbocycles. The lowest BCUT2D eigenvalue weighted by Crippen LogP contribution is -2.51. The van der Waals surface area contributed by atoms with Crippen LogP contribution in [0, 0.1) is 5.92 Å². The van der Waals surface area contributed by atoms with Crippen LogP contribution in [0.25, 0.3) is 0 Å². The monoisotopic (exact) mass is 392 g/mol. The van der Waals surface area contributed by atoms with Crippen molar-refractivity contribution in [3.8, 4) is 0 Å². The Balaban J connectivity index is 5.19. The molecule has 158 valence electrons. The highest BCUT2D eigenvalue weighted by Crippen LogP contribution is 2.37. The molecule has 0 saturated heterocycles. The first kappa shape index (κ1) is 26.2. The molecule has 0 aliphatic carbocycles. The summed E-state index contributed by atoms with van der Waals surface area (Å²) in [5.74, 6) is -0.125. The van der Waals surface area contributed by atoms with Crippen LogP contribution in [0.3, 0.4) is 0 Å². The van der Waals surface area contributed by atoms with Gasteiger partial charge in [-0.15, -0.1) is 11.6 Å². The van der Waals surface area contributed by atoms with Gasteiger partial charge in [0.25, 0.3) is 5.97 Å². The predicted molar refractivity (Wildman–Crippen MR) is 113 cm³/mol. The summed E-state index contributed by atoms with van der Waals surface area (Å²) in [6.45, 7) is 14.5. The first-order valence-electron chi connectivity index (χ1n) is 10.9. The van der Waals surface area contributed by atoms with Crippen molar-refractivity contribution in [3.63, 3.8) is 0 Å². The van der Waals surface area contributed by atoms with E-state index in [4.69, 9.17) is 25.8 Å². The van der Waals surface area contributed by atoms with Gasteiger partial charge in [-0.05, 0) is 60.8 Å². The van der Waals surface area contributed by atoms with E-state index in [0.717, 1.165) is 19.3 Å². The van der Waals surface area contributed by atoms with Gasteiger partial charge >= 0.3 is 0 Å². The molecular weight excluding hydrogens is 348 g/mol. The van der Waals surface area contributed by atoms with Gasteiger partial charge in [0.15, 0.2) is 0 Å². The molecule has 0 bridgehead atoms. The van der Waals surface area contributed by atoms with Crippen molar-refractivity contribution in [2.24, 2.45) is 5.92 Å². The van der Waals surface area contributed by atoms with Crippen molar-refractivity contribution >= 4 is 11.6 Å². The van der Waals surface area contributed by atoms with E-state index >= 15 is 0 Å². The van der Waals surface area contributed by atoms with Gasteiger partial charge in [0, 0.05) is 11.8 Å². The zero-order chi connectivity index (χ0) is 20.0. The molecule has 26 heavy (non-hydrogen) atoms. The quantitative estimate of drug-likeness (QED) is 0.147. The summed E-state index contributed by atoms with van der Waals surface area (Å²) in [5.41, 5.74) is 0. The van der Waals surface area contributed by atoms with Gasteiger partial charge < -0.3 is 14.2 Å². The fourth-order valence-corrected chi connectivity index (χ4v) is 3.50. The number of rotatable bonds is 17. The highest BCUT2D eigenvalue weighted by atomic mass is 35.5. The van der Waals surface area contributed by atoms with E-state index in [1.165, 1.54) is 38.5 Å². The largest absolute Gasteiger partial charge is 0.324 e. The summed E-state index contributed by atoms with van der Waals surface area (Å²) >= 11 is 6.01. The Labute approximate surface area is 168 Å². The van der Waals surface area contributed by atoms with Gasteiger partial charge in [0.2, 0.25) is 0 Å². The average molecular weight is 393 g/mol. The molecule has 0 rings (SSSR count). The first-order valence-corrected chi connectivity index (χ1v) is 11.4. The Morgan fingerprint density at radius 1 is 0.654 bits per heavy atom. The maximum absolute atomic E-state index is 6.33. The third-order valence-electron chi connectivity index (χ3n) is 4.29. The second kappa shape index (κ2) is 15.1. The molecule has 3 nitrogen and oxygen atoms in total. The van der Waals surface area contributed by atoms with Crippen LogP contribution in [0.15, 0.2) is 0 Å². The maximum Gasteiger partial charge on any atom is 0.286 e. The van der Waals surface area contributed by atoms with E-state index in [1.54, 1.807) is 0 Å². The zero-order valence-corrected chi connectivity index (χ0v) is 19.2. The lowest BCUT2D eigenvalue weighted by molar-refractivity contribution is -0.433. The lowest BCUT2D eigenvalue weighted by atomic mass is 9.92. The third kappa shape index (κ3) is 11.8. The normalized spacial score (nSPS) is 14.0. The van der Waals surface area contributed by atoms with Crippen LogP contribution in [-0.4, -0.2) is 30.2 Å². The maximum atomic E-state index is 6.33. The van der Waals surface area contributed by atoms with Crippen LogP contribution in [0.1, 0.15) is 106 Å². The van der Waals surface area contributed by atoms with Crippen LogP contribution < -0.4 is 0 Å². The number of hydrogen-bond donors (Lipinski definition) is 0. The van der Waals surface area contributed by atoms with Crippen LogP contribution >= 0.6 is 11.6 Å². The van der Waals surface area contributed by atoms with Gasteiger partial charge in [0.05, 0.1) is 18.3 Å². The SMILES string of the molecule is CCCCCCCCC(CCCCl)C(OC(C)C)(OC(C)C)OC(C)C. The lowest BCUT2D eigenvalue weighted by Gasteiger charge is -2.43. The zero-order valence-electron chi connectivity index (χ0n) is 18.5. The Morgan fingerprint density at radius 2 is 1.08 bits per heavy atom. The van der Waals surface area contributed by atoms with Crippen molar-refractivity contribution in [2.45, 2.75) is 131 Å². The number of hydrogen-bond acceptors (Lipinski definition) is 3. The second-order valence-corrected chi connectivity index (χ2v) is 8.57. The Morgan fingerprint density at radius 3 is 1.50 bits per heavy atom. The van der Waals surface area contributed by atoms with Crippen molar-refractivity contribution in [1.82, 2.24) is 0 Å². The van der Waals surface area contributed by atoms with Crippen LogP contribution in [0.5, 0.6) is 0 Å². The van der Waals surface area contributed by atoms with E-state index in [-0.39, 0.29) is 24.2 Å². The predicted octanol–water partition coefficient (Wildman–Crippen LogP) is 7.30. The molecular formula is C22H45ClO3. The van der Waals surface area contributed by atoms with E-state index in [0.29, 0.717) is 5.88 Å². The van der Waals surface area contributed by atoms with Crippen LogP contribution in [0.2, 0.25) is 0 Å². The molecule has 0 radical (unpaired) electrons. The molecule has 1 atom stereocenters. The standard InChI is InChI=1S/C22H45ClO3/c1-8-9-10-11-12-13-15-21(16-14-17-23)22(24-18(2)3,25-19(4)5)26-20(6)7/h18-21H,8-17H2,1-7H3. The molecule has 1 unspecified atom stereocenters. The number of unbranched alkanes of at least 4 members (excludes halogenated alkanes) is 5. The Bertz CT molecular complexity index is 292. The molecule has 0 amide bonds. The number of ether oxygens (including phenoxy) is 3. The van der Waals surface area contributed by atoms with Gasteiger partial charge in [-0.1, -0.05) is 45.4 Å². The number of halogens is 1. The van der Waals surface area contributed by atoms with Crippen molar-refractivity contribution < 1.29 is 14.2 Å². The molecule has 0 heterocycles. The topological polar surface area (TPSA) is 27.7 Å². The summed E-state index contributed by atoms with van der Waals surface area (Å²) < 4.78 is 19.0. The molecule has 0 fully saturated rings. The van der Waals surface area contributed by atoms with Gasteiger partial charge in [-0.2, -0.15) is 0 Å². The summed E-state index contributed by atoms with van der Waals surface area (Å²) in [7, 11) is 0. The van der Waals surface area contributed by atoms with E-state index in [9.17, 15) is 0 Å². The fourth-order valence-electron chi connectivity index (χ4n) is 3.35. The molecule has 4 heteroatoms. The van der Waals surface area contributed by atoms with Crippen molar-refractivity contribution in [2.75, 3.05) is 5.88 Å². The molecule has 0 aliphatic heterocycles. The van der Waals surface area contributed by atoms with Gasteiger partial charge in [-0.3, -0.25) is 0 Å². The second-order valence-electron chi connectivity index (χ2n) is 8.19. The molecule has 0 saturated carbocycles. The minimum atomic E-state index is -0.980. The van der Waals surface area contributed by atoms with E-state index < -0.39 is 5.97 Å². The van der Waals surface area contributed by atoms with Crippen LogP contribution in [0.4, 0.5) is 0 Å². The Kier molecular flexibility index (Phi) is 15.2. The first-order chi connectivity index (χ1) is 12.3. The van der Waals surface area contributed by atoms with Crippen LogP contribution in [-0.2, 0) is 14.2 Å².